The monoisotopic (exact) mass is 415 g/mol. The van der Waals surface area contributed by atoms with Crippen LogP contribution in [0.15, 0.2) is 47.6 Å². The van der Waals surface area contributed by atoms with Gasteiger partial charge in [-0.15, -0.1) is 10.2 Å². The number of rotatable bonds is 8. The molecule has 0 radical (unpaired) electrons. The van der Waals surface area contributed by atoms with Gasteiger partial charge in [-0.1, -0.05) is 11.8 Å². The SMILES string of the molecule is COc1ccc(-c2nnc(SCC(=O)c3cc(F)ccc3OC)n2C(C)C)cc1. The van der Waals surface area contributed by atoms with Crippen LogP contribution in [-0.2, 0) is 0 Å². The molecule has 3 aromatic rings. The van der Waals surface area contributed by atoms with Crippen LogP contribution in [0.2, 0.25) is 0 Å². The number of aromatic nitrogens is 3. The summed E-state index contributed by atoms with van der Waals surface area (Å²) in [5.41, 5.74) is 1.11. The highest BCUT2D eigenvalue weighted by atomic mass is 32.2. The van der Waals surface area contributed by atoms with Crippen LogP contribution in [0.25, 0.3) is 11.4 Å². The second kappa shape index (κ2) is 9.09. The molecule has 0 fully saturated rings. The van der Waals surface area contributed by atoms with E-state index in [0.717, 1.165) is 11.3 Å². The van der Waals surface area contributed by atoms with Crippen molar-refractivity contribution in [3.63, 3.8) is 0 Å². The van der Waals surface area contributed by atoms with E-state index >= 15 is 0 Å². The van der Waals surface area contributed by atoms with E-state index in [2.05, 4.69) is 10.2 Å². The van der Waals surface area contributed by atoms with Crippen LogP contribution in [0.1, 0.15) is 30.2 Å². The lowest BCUT2D eigenvalue weighted by atomic mass is 10.1. The zero-order chi connectivity index (χ0) is 21.0. The summed E-state index contributed by atoms with van der Waals surface area (Å²) in [7, 11) is 3.07. The zero-order valence-electron chi connectivity index (χ0n) is 16.7. The largest absolute Gasteiger partial charge is 0.497 e. The number of benzene rings is 2. The quantitative estimate of drug-likeness (QED) is 0.394. The van der Waals surface area contributed by atoms with Gasteiger partial charge < -0.3 is 9.47 Å². The van der Waals surface area contributed by atoms with E-state index in [1.807, 2.05) is 42.7 Å². The number of ether oxygens (including phenoxy) is 2. The Kier molecular flexibility index (Phi) is 6.53. The zero-order valence-corrected chi connectivity index (χ0v) is 17.5. The Morgan fingerprint density at radius 1 is 1.10 bits per heavy atom. The highest BCUT2D eigenvalue weighted by Crippen LogP contribution is 2.30. The highest BCUT2D eigenvalue weighted by molar-refractivity contribution is 7.99. The molecule has 0 aliphatic rings. The predicted molar refractivity (Wildman–Crippen MR) is 110 cm³/mol. The molecule has 152 valence electrons. The topological polar surface area (TPSA) is 66.2 Å². The van der Waals surface area contributed by atoms with Crippen molar-refractivity contribution >= 4 is 17.5 Å². The van der Waals surface area contributed by atoms with E-state index in [1.54, 1.807) is 7.11 Å². The normalized spacial score (nSPS) is 11.0. The Labute approximate surface area is 173 Å². The lowest BCUT2D eigenvalue weighted by molar-refractivity contribution is 0.101. The number of nitrogens with zero attached hydrogens (tertiary/aromatic N) is 3. The Bertz CT molecular complexity index is 1000. The Hall–Kier alpha value is -2.87. The molecule has 0 aliphatic carbocycles. The van der Waals surface area contributed by atoms with E-state index < -0.39 is 5.82 Å². The average molecular weight is 415 g/mol. The number of thioether (sulfide) groups is 1. The van der Waals surface area contributed by atoms with Gasteiger partial charge in [0.25, 0.3) is 0 Å². The van der Waals surface area contributed by atoms with Gasteiger partial charge in [0.05, 0.1) is 25.5 Å². The molecular weight excluding hydrogens is 393 g/mol. The van der Waals surface area contributed by atoms with Crippen LogP contribution < -0.4 is 9.47 Å². The van der Waals surface area contributed by atoms with Gasteiger partial charge in [-0.2, -0.15) is 0 Å². The number of methoxy groups -OCH3 is 2. The first-order valence-corrected chi connectivity index (χ1v) is 10.0. The lowest BCUT2D eigenvalue weighted by Gasteiger charge is -2.14. The highest BCUT2D eigenvalue weighted by Gasteiger charge is 2.20. The minimum atomic E-state index is -0.480. The van der Waals surface area contributed by atoms with E-state index in [1.165, 1.54) is 37.1 Å². The van der Waals surface area contributed by atoms with Gasteiger partial charge in [-0.05, 0) is 56.3 Å². The van der Waals surface area contributed by atoms with Gasteiger partial charge in [0, 0.05) is 11.6 Å². The van der Waals surface area contributed by atoms with Crippen LogP contribution in [0, 0.1) is 5.82 Å². The molecule has 1 aromatic heterocycles. The summed E-state index contributed by atoms with van der Waals surface area (Å²) in [6.07, 6.45) is 0. The third kappa shape index (κ3) is 4.59. The van der Waals surface area contributed by atoms with E-state index in [9.17, 15) is 9.18 Å². The van der Waals surface area contributed by atoms with Gasteiger partial charge in [-0.25, -0.2) is 4.39 Å². The molecule has 3 rings (SSSR count). The number of Topliss-reactive ketones (excluding diaryl/α,β-unsaturated/α-hetero) is 1. The predicted octanol–water partition coefficient (Wildman–Crippen LogP) is 4.66. The molecule has 1 heterocycles. The minimum absolute atomic E-state index is 0.0865. The number of carbonyl (C=O) groups is 1. The van der Waals surface area contributed by atoms with Crippen molar-refractivity contribution in [3.8, 4) is 22.9 Å². The maximum atomic E-state index is 13.6. The third-order valence-corrected chi connectivity index (χ3v) is 5.27. The summed E-state index contributed by atoms with van der Waals surface area (Å²) < 4.78 is 25.9. The first-order chi connectivity index (χ1) is 13.9. The van der Waals surface area contributed by atoms with Crippen LogP contribution in [0.4, 0.5) is 4.39 Å². The standard InChI is InChI=1S/C21H22FN3O3S/c1-13(2)25-20(14-5-8-16(27-3)9-6-14)23-24-21(25)29-12-18(26)17-11-15(22)7-10-19(17)28-4/h5-11,13H,12H2,1-4H3. The maximum Gasteiger partial charge on any atom is 0.192 e. The molecule has 0 unspecified atom stereocenters. The van der Waals surface area contributed by atoms with Crippen molar-refractivity contribution in [3.05, 3.63) is 53.8 Å². The van der Waals surface area contributed by atoms with Crippen LogP contribution >= 0.6 is 11.8 Å². The molecule has 0 bridgehead atoms. The smallest absolute Gasteiger partial charge is 0.192 e. The second-order valence-corrected chi connectivity index (χ2v) is 7.50. The minimum Gasteiger partial charge on any atom is -0.497 e. The van der Waals surface area contributed by atoms with Crippen LogP contribution in [0.5, 0.6) is 11.5 Å². The molecule has 0 aliphatic heterocycles. The van der Waals surface area contributed by atoms with E-state index in [4.69, 9.17) is 9.47 Å². The molecule has 0 saturated carbocycles. The van der Waals surface area contributed by atoms with Crippen molar-refractivity contribution in [1.29, 1.82) is 0 Å². The molecule has 8 heteroatoms. The number of hydrogen-bond acceptors (Lipinski definition) is 6. The summed E-state index contributed by atoms with van der Waals surface area (Å²) in [6, 6.07) is 11.5. The molecule has 29 heavy (non-hydrogen) atoms. The Morgan fingerprint density at radius 3 is 2.45 bits per heavy atom. The molecule has 6 nitrogen and oxygen atoms in total. The van der Waals surface area contributed by atoms with Gasteiger partial charge in [0.1, 0.15) is 17.3 Å². The van der Waals surface area contributed by atoms with Gasteiger partial charge in [0.2, 0.25) is 0 Å². The Balaban J connectivity index is 1.84. The molecule has 0 N–H and O–H groups in total. The van der Waals surface area contributed by atoms with Crippen molar-refractivity contribution in [1.82, 2.24) is 14.8 Å². The molecule has 0 spiro atoms. The lowest BCUT2D eigenvalue weighted by Crippen LogP contribution is -2.09. The fourth-order valence-corrected chi connectivity index (χ4v) is 3.83. The second-order valence-electron chi connectivity index (χ2n) is 6.55. The molecule has 0 atom stereocenters. The number of ketones is 1. The molecule has 2 aromatic carbocycles. The summed E-state index contributed by atoms with van der Waals surface area (Å²) in [5.74, 6) is 1.19. The summed E-state index contributed by atoms with van der Waals surface area (Å²) >= 11 is 1.26. The molecular formula is C21H22FN3O3S. The third-order valence-electron chi connectivity index (χ3n) is 4.32. The first kappa shape index (κ1) is 20.9. The fourth-order valence-electron chi connectivity index (χ4n) is 2.88. The van der Waals surface area contributed by atoms with Gasteiger partial charge >= 0.3 is 0 Å². The number of hydrogen-bond donors (Lipinski definition) is 0. The summed E-state index contributed by atoms with van der Waals surface area (Å²) in [4.78, 5) is 12.6. The van der Waals surface area contributed by atoms with Crippen molar-refractivity contribution < 1.29 is 18.7 Å². The van der Waals surface area contributed by atoms with E-state index in [-0.39, 0.29) is 23.1 Å². The van der Waals surface area contributed by atoms with Gasteiger partial charge in [-0.3, -0.25) is 9.36 Å². The molecule has 0 amide bonds. The molecule has 0 saturated heterocycles. The van der Waals surface area contributed by atoms with Crippen LogP contribution in [-0.4, -0.2) is 40.5 Å². The van der Waals surface area contributed by atoms with Crippen molar-refractivity contribution in [2.45, 2.75) is 25.0 Å². The van der Waals surface area contributed by atoms with Crippen molar-refractivity contribution in [2.24, 2.45) is 0 Å². The van der Waals surface area contributed by atoms with Gasteiger partial charge in [0.15, 0.2) is 16.8 Å². The average Bonchev–Trinajstić information content (AvgIpc) is 3.16. The maximum absolute atomic E-state index is 13.6. The Morgan fingerprint density at radius 2 is 1.83 bits per heavy atom. The fraction of sp³-hybridized carbons (Fsp3) is 0.286. The van der Waals surface area contributed by atoms with E-state index in [0.29, 0.717) is 16.7 Å². The van der Waals surface area contributed by atoms with Crippen molar-refractivity contribution in [2.75, 3.05) is 20.0 Å². The number of carbonyl (C=O) groups excluding carboxylic acids is 1. The van der Waals surface area contributed by atoms with Crippen LogP contribution in [0.3, 0.4) is 0 Å². The number of halogens is 1. The summed E-state index contributed by atoms with van der Waals surface area (Å²) in [5, 5.41) is 9.21. The summed E-state index contributed by atoms with van der Waals surface area (Å²) in [6.45, 7) is 4.05. The first-order valence-electron chi connectivity index (χ1n) is 9.03.